The van der Waals surface area contributed by atoms with Gasteiger partial charge in [-0.1, -0.05) is 48.5 Å². The number of likely N-dealkylation sites (N-methyl/N-ethyl adjacent to an activating group) is 1. The van der Waals surface area contributed by atoms with Crippen LogP contribution in [-0.4, -0.2) is 41.7 Å². The van der Waals surface area contributed by atoms with Crippen molar-refractivity contribution >= 4 is 16.8 Å². The smallest absolute Gasteiger partial charge is 0.242 e. The van der Waals surface area contributed by atoms with Crippen LogP contribution in [0.1, 0.15) is 13.3 Å². The van der Waals surface area contributed by atoms with E-state index >= 15 is 0 Å². The van der Waals surface area contributed by atoms with Crippen LogP contribution in [0.4, 0.5) is 0 Å². The maximum atomic E-state index is 13.1. The maximum absolute atomic E-state index is 13.1. The van der Waals surface area contributed by atoms with Gasteiger partial charge in [0.25, 0.3) is 0 Å². The third kappa shape index (κ3) is 3.76. The van der Waals surface area contributed by atoms with Crippen molar-refractivity contribution in [3.63, 3.8) is 0 Å². The number of amides is 1. The Hall–Kier alpha value is -2.59. The van der Waals surface area contributed by atoms with E-state index in [1.54, 1.807) is 0 Å². The van der Waals surface area contributed by atoms with E-state index < -0.39 is 0 Å². The van der Waals surface area contributed by atoms with E-state index in [-0.39, 0.29) is 5.91 Å². The van der Waals surface area contributed by atoms with Crippen LogP contribution >= 0.6 is 0 Å². The van der Waals surface area contributed by atoms with Crippen molar-refractivity contribution in [1.29, 1.82) is 0 Å². The number of hydrogen-bond donors (Lipinski definition) is 0. The largest absolute Gasteiger partial charge is 0.381 e. The Morgan fingerprint density at radius 3 is 2.67 bits per heavy atom. The van der Waals surface area contributed by atoms with Crippen molar-refractivity contribution in [3.05, 3.63) is 60.7 Å². The molecule has 1 amide bonds. The quantitative estimate of drug-likeness (QED) is 0.659. The Labute approximate surface area is 160 Å². The van der Waals surface area contributed by atoms with Crippen molar-refractivity contribution in [1.82, 2.24) is 9.47 Å². The van der Waals surface area contributed by atoms with Gasteiger partial charge in [-0.05, 0) is 31.0 Å². The molecule has 3 aromatic rings. The van der Waals surface area contributed by atoms with Gasteiger partial charge in [-0.25, -0.2) is 0 Å². The fraction of sp³-hybridized carbons (Fsp3) is 0.348. The number of carbonyl (C=O) groups is 1. The molecule has 0 bridgehead atoms. The van der Waals surface area contributed by atoms with Crippen molar-refractivity contribution in [2.75, 3.05) is 26.3 Å². The van der Waals surface area contributed by atoms with Crippen LogP contribution in [-0.2, 0) is 16.1 Å². The number of ether oxygens (including phenoxy) is 1. The first-order chi connectivity index (χ1) is 13.3. The third-order valence-electron chi connectivity index (χ3n) is 5.41. The van der Waals surface area contributed by atoms with Crippen LogP contribution in [0, 0.1) is 5.92 Å². The fourth-order valence-electron chi connectivity index (χ4n) is 3.91. The van der Waals surface area contributed by atoms with Crippen molar-refractivity contribution < 1.29 is 9.53 Å². The zero-order valence-electron chi connectivity index (χ0n) is 15.8. The highest BCUT2D eigenvalue weighted by atomic mass is 16.5. The number of hydrogen-bond acceptors (Lipinski definition) is 2. The normalized spacial score (nSPS) is 16.7. The number of nitrogens with zero attached hydrogens (tertiary/aromatic N) is 2. The lowest BCUT2D eigenvalue weighted by Gasteiger charge is -2.24. The fourth-order valence-corrected chi connectivity index (χ4v) is 3.91. The average molecular weight is 362 g/mol. The highest BCUT2D eigenvalue weighted by Crippen LogP contribution is 2.28. The van der Waals surface area contributed by atoms with Crippen molar-refractivity contribution in [3.8, 4) is 11.3 Å². The molecule has 4 nitrogen and oxygen atoms in total. The van der Waals surface area contributed by atoms with E-state index in [4.69, 9.17) is 4.74 Å². The van der Waals surface area contributed by atoms with Crippen LogP contribution in [0.5, 0.6) is 0 Å². The Morgan fingerprint density at radius 2 is 1.93 bits per heavy atom. The standard InChI is InChI=1S/C23H26N2O2/c1-2-24(15-18-12-13-27-17-18)23(26)16-25-21-11-7-6-10-20(21)14-22(25)19-8-4-3-5-9-19/h3-11,14,18H,2,12-13,15-17H2,1H3. The topological polar surface area (TPSA) is 34.5 Å². The molecule has 1 aliphatic heterocycles. The minimum atomic E-state index is 0.169. The van der Waals surface area contributed by atoms with Crippen LogP contribution in [0.25, 0.3) is 22.2 Å². The number of benzene rings is 2. The van der Waals surface area contributed by atoms with Gasteiger partial charge in [-0.3, -0.25) is 4.79 Å². The summed E-state index contributed by atoms with van der Waals surface area (Å²) in [5.41, 5.74) is 3.32. The molecule has 0 radical (unpaired) electrons. The molecule has 1 atom stereocenters. The second-order valence-electron chi connectivity index (χ2n) is 7.20. The summed E-state index contributed by atoms with van der Waals surface area (Å²) in [5.74, 6) is 0.631. The second kappa shape index (κ2) is 7.97. The van der Waals surface area contributed by atoms with E-state index in [0.717, 1.165) is 54.9 Å². The van der Waals surface area contributed by atoms with Gasteiger partial charge < -0.3 is 14.2 Å². The first kappa shape index (κ1) is 17.8. The molecule has 0 aliphatic carbocycles. The molecule has 1 unspecified atom stereocenters. The summed E-state index contributed by atoms with van der Waals surface area (Å²) in [6.45, 7) is 5.52. The predicted molar refractivity (Wildman–Crippen MR) is 109 cm³/mol. The average Bonchev–Trinajstić information content (AvgIpc) is 3.35. The summed E-state index contributed by atoms with van der Waals surface area (Å²) in [6, 6.07) is 20.8. The molecule has 0 spiro atoms. The minimum absolute atomic E-state index is 0.169. The summed E-state index contributed by atoms with van der Waals surface area (Å²) in [5, 5.41) is 1.16. The van der Waals surface area contributed by atoms with Gasteiger partial charge in [-0.15, -0.1) is 0 Å². The lowest BCUT2D eigenvalue weighted by molar-refractivity contribution is -0.132. The molecule has 4 rings (SSSR count). The zero-order chi connectivity index (χ0) is 18.6. The molecule has 1 aliphatic rings. The first-order valence-electron chi connectivity index (χ1n) is 9.75. The molecule has 140 valence electrons. The molecule has 4 heteroatoms. The predicted octanol–water partition coefficient (Wildman–Crippen LogP) is 4.19. The molecule has 2 heterocycles. The summed E-state index contributed by atoms with van der Waals surface area (Å²) < 4.78 is 7.63. The number of para-hydroxylation sites is 1. The monoisotopic (exact) mass is 362 g/mol. The van der Waals surface area contributed by atoms with E-state index in [0.29, 0.717) is 12.5 Å². The first-order valence-corrected chi connectivity index (χ1v) is 9.75. The highest BCUT2D eigenvalue weighted by Gasteiger charge is 2.22. The van der Waals surface area contributed by atoms with Gasteiger partial charge in [0.1, 0.15) is 6.54 Å². The van der Waals surface area contributed by atoms with Crippen molar-refractivity contribution in [2.24, 2.45) is 5.92 Å². The molecule has 0 saturated carbocycles. The maximum Gasteiger partial charge on any atom is 0.242 e. The Morgan fingerprint density at radius 1 is 1.15 bits per heavy atom. The summed E-state index contributed by atoms with van der Waals surface area (Å²) in [4.78, 5) is 15.1. The van der Waals surface area contributed by atoms with Crippen LogP contribution < -0.4 is 0 Å². The Kier molecular flexibility index (Phi) is 5.26. The van der Waals surface area contributed by atoms with Gasteiger partial charge in [0, 0.05) is 42.2 Å². The number of rotatable bonds is 6. The van der Waals surface area contributed by atoms with Gasteiger partial charge in [0.05, 0.1) is 6.61 Å². The Bertz CT molecular complexity index is 911. The van der Waals surface area contributed by atoms with Crippen LogP contribution in [0.3, 0.4) is 0 Å². The van der Waals surface area contributed by atoms with Gasteiger partial charge in [0.2, 0.25) is 5.91 Å². The Balaban J connectivity index is 1.64. The van der Waals surface area contributed by atoms with E-state index in [1.807, 2.05) is 35.2 Å². The summed E-state index contributed by atoms with van der Waals surface area (Å²) >= 11 is 0. The van der Waals surface area contributed by atoms with E-state index in [9.17, 15) is 4.79 Å². The van der Waals surface area contributed by atoms with Gasteiger partial charge >= 0.3 is 0 Å². The molecule has 1 fully saturated rings. The van der Waals surface area contributed by atoms with Gasteiger partial charge in [-0.2, -0.15) is 0 Å². The van der Waals surface area contributed by atoms with Crippen LogP contribution in [0.2, 0.25) is 0 Å². The minimum Gasteiger partial charge on any atom is -0.381 e. The zero-order valence-corrected chi connectivity index (χ0v) is 15.8. The molecular formula is C23H26N2O2. The number of aromatic nitrogens is 1. The van der Waals surface area contributed by atoms with Crippen molar-refractivity contribution in [2.45, 2.75) is 19.9 Å². The molecule has 2 aromatic carbocycles. The summed E-state index contributed by atoms with van der Waals surface area (Å²) in [7, 11) is 0. The SMILES string of the molecule is CCN(CC1CCOC1)C(=O)Cn1c(-c2ccccc2)cc2ccccc21. The summed E-state index contributed by atoms with van der Waals surface area (Å²) in [6.07, 6.45) is 1.05. The lowest BCUT2D eigenvalue weighted by Crippen LogP contribution is -2.37. The second-order valence-corrected chi connectivity index (χ2v) is 7.20. The molecule has 0 N–H and O–H groups in total. The molecule has 27 heavy (non-hydrogen) atoms. The molecular weight excluding hydrogens is 336 g/mol. The molecule has 1 aromatic heterocycles. The molecule has 1 saturated heterocycles. The third-order valence-corrected chi connectivity index (χ3v) is 5.41. The van der Waals surface area contributed by atoms with E-state index in [1.165, 1.54) is 0 Å². The number of carbonyl (C=O) groups excluding carboxylic acids is 1. The van der Waals surface area contributed by atoms with Gasteiger partial charge in [0.15, 0.2) is 0 Å². The van der Waals surface area contributed by atoms with Crippen LogP contribution in [0.15, 0.2) is 60.7 Å². The highest BCUT2D eigenvalue weighted by molar-refractivity contribution is 5.89. The van der Waals surface area contributed by atoms with E-state index in [2.05, 4.69) is 41.8 Å². The lowest BCUT2D eigenvalue weighted by atomic mass is 10.1. The number of fused-ring (bicyclic) bond motifs is 1.